The number of hydrogen-bond donors (Lipinski definition) is 6. The van der Waals surface area contributed by atoms with Crippen LogP contribution in [0, 0.1) is 0 Å². The van der Waals surface area contributed by atoms with Gasteiger partial charge in [-0.1, -0.05) is 0 Å². The Hall–Kier alpha value is -3.30. The second-order valence-corrected chi connectivity index (χ2v) is 5.66. The Morgan fingerprint density at radius 1 is 0.567 bits per heavy atom. The van der Waals surface area contributed by atoms with Crippen molar-refractivity contribution in [2.45, 2.75) is 43.7 Å². The van der Waals surface area contributed by atoms with Crippen LogP contribution in [0.4, 0.5) is 0 Å². The molecule has 0 aliphatic carbocycles. The van der Waals surface area contributed by atoms with Crippen LogP contribution in [0.25, 0.3) is 0 Å². The van der Waals surface area contributed by atoms with Gasteiger partial charge in [-0.05, 0) is 0 Å². The molecule has 0 spiro atoms. The van der Waals surface area contributed by atoms with E-state index < -0.39 is 92.7 Å². The molecule has 0 heterocycles. The van der Waals surface area contributed by atoms with Crippen LogP contribution in [-0.2, 0) is 43.0 Å². The summed E-state index contributed by atoms with van der Waals surface area (Å²) in [4.78, 5) is 66.0. The Morgan fingerprint density at radius 2 is 0.867 bits per heavy atom. The number of carbonyl (C=O) groups is 6. The van der Waals surface area contributed by atoms with Crippen molar-refractivity contribution in [3.63, 3.8) is 0 Å². The van der Waals surface area contributed by atoms with Crippen molar-refractivity contribution in [3.8, 4) is 0 Å². The molecule has 0 rings (SSSR count). The molecular weight excluding hydrogens is 420 g/mol. The lowest BCUT2D eigenvalue weighted by molar-refractivity contribution is -0.178. The van der Waals surface area contributed by atoms with Gasteiger partial charge < -0.3 is 44.8 Å². The molecule has 0 aromatic heterocycles. The Bertz CT molecular complexity index is 618. The Morgan fingerprint density at radius 3 is 1.17 bits per heavy atom. The van der Waals surface area contributed by atoms with E-state index in [2.05, 4.69) is 14.2 Å². The van der Waals surface area contributed by atoms with E-state index in [1.54, 1.807) is 0 Å². The van der Waals surface area contributed by atoms with Crippen LogP contribution in [0.5, 0.6) is 0 Å². The summed E-state index contributed by atoms with van der Waals surface area (Å²) in [6.45, 7) is -1.85. The summed E-state index contributed by atoms with van der Waals surface area (Å²) in [6.07, 6.45) is -11.0. The van der Waals surface area contributed by atoms with Gasteiger partial charge in [0.05, 0.1) is 19.3 Å². The number of carboxylic acid groups (broad SMARTS) is 3. The monoisotopic (exact) mass is 440 g/mol. The van der Waals surface area contributed by atoms with Gasteiger partial charge in [-0.3, -0.25) is 14.4 Å². The average Bonchev–Trinajstić information content (AvgIpc) is 2.61. The molecule has 170 valence electrons. The normalized spacial score (nSPS) is 14.5. The lowest BCUT2D eigenvalue weighted by Gasteiger charge is -2.20. The molecule has 15 heteroatoms. The molecule has 6 N–H and O–H groups in total. The molecule has 0 radical (unpaired) electrons. The second kappa shape index (κ2) is 13.0. The molecule has 0 saturated heterocycles. The quantitative estimate of drug-likeness (QED) is 0.113. The van der Waals surface area contributed by atoms with Gasteiger partial charge in [0.15, 0.2) is 24.4 Å². The van der Waals surface area contributed by atoms with E-state index in [1.807, 2.05) is 0 Å². The van der Waals surface area contributed by atoms with Crippen molar-refractivity contribution >= 4 is 35.8 Å². The molecule has 0 aromatic rings. The topological polar surface area (TPSA) is 251 Å². The third-order valence-corrected chi connectivity index (χ3v) is 3.03. The standard InChI is InChI=1S/C15H20O15/c16-7(1-10(19)20)13(25)28-4-6(30-15(27)9(18)3-12(23)24)5-29-14(26)8(17)2-11(21)22/h6-9,16-18H,1-5H2,(H,19,20)(H,21,22)(H,23,24). The van der Waals surface area contributed by atoms with Crippen LogP contribution in [0.15, 0.2) is 0 Å². The second-order valence-electron chi connectivity index (χ2n) is 5.66. The van der Waals surface area contributed by atoms with E-state index in [0.29, 0.717) is 0 Å². The summed E-state index contributed by atoms with van der Waals surface area (Å²) in [5, 5.41) is 53.5. The minimum atomic E-state index is -2.13. The average molecular weight is 440 g/mol. The molecule has 0 saturated carbocycles. The van der Waals surface area contributed by atoms with Gasteiger partial charge in [0.2, 0.25) is 0 Å². The number of ether oxygens (including phenoxy) is 3. The van der Waals surface area contributed by atoms with Crippen LogP contribution < -0.4 is 0 Å². The molecule has 0 bridgehead atoms. The highest BCUT2D eigenvalue weighted by Crippen LogP contribution is 2.05. The Labute approximate surface area is 167 Å². The number of carboxylic acids is 3. The van der Waals surface area contributed by atoms with Crippen molar-refractivity contribution in [1.29, 1.82) is 0 Å². The minimum absolute atomic E-state index is 0.927. The van der Waals surface area contributed by atoms with Gasteiger partial charge >= 0.3 is 35.8 Å². The summed E-state index contributed by atoms with van der Waals surface area (Å²) in [5.74, 6) is -9.00. The highest BCUT2D eigenvalue weighted by Gasteiger charge is 2.28. The van der Waals surface area contributed by atoms with E-state index in [-0.39, 0.29) is 0 Å². The summed E-state index contributed by atoms with van der Waals surface area (Å²) in [6, 6.07) is 0. The van der Waals surface area contributed by atoms with Crippen LogP contribution in [0.1, 0.15) is 19.3 Å². The lowest BCUT2D eigenvalue weighted by atomic mass is 10.2. The molecule has 15 nitrogen and oxygen atoms in total. The van der Waals surface area contributed by atoms with Gasteiger partial charge in [-0.2, -0.15) is 0 Å². The predicted octanol–water partition coefficient (Wildman–Crippen LogP) is -3.51. The van der Waals surface area contributed by atoms with Crippen molar-refractivity contribution < 1.29 is 73.6 Å². The molecule has 0 aliphatic heterocycles. The maximum atomic E-state index is 11.7. The first kappa shape index (κ1) is 26.7. The predicted molar refractivity (Wildman–Crippen MR) is 86.6 cm³/mol. The Kier molecular flexibility index (Phi) is 11.6. The SMILES string of the molecule is O=C(O)CC(O)C(=O)OCC(COC(=O)C(O)CC(=O)O)OC(=O)C(O)CC(=O)O. The summed E-state index contributed by atoms with van der Waals surface area (Å²) in [7, 11) is 0. The highest BCUT2D eigenvalue weighted by molar-refractivity contribution is 5.82. The first-order chi connectivity index (χ1) is 13.8. The van der Waals surface area contributed by atoms with E-state index in [9.17, 15) is 44.1 Å². The van der Waals surface area contributed by atoms with Gasteiger partial charge in [0.25, 0.3) is 0 Å². The largest absolute Gasteiger partial charge is 0.481 e. The highest BCUT2D eigenvalue weighted by atomic mass is 16.6. The summed E-state index contributed by atoms with van der Waals surface area (Å²) >= 11 is 0. The molecular formula is C15H20O15. The zero-order valence-electron chi connectivity index (χ0n) is 15.2. The first-order valence-electron chi connectivity index (χ1n) is 8.06. The third-order valence-electron chi connectivity index (χ3n) is 3.03. The number of aliphatic hydroxyl groups excluding tert-OH is 3. The fourth-order valence-corrected chi connectivity index (χ4v) is 1.65. The number of aliphatic hydroxyl groups is 3. The maximum Gasteiger partial charge on any atom is 0.336 e. The van der Waals surface area contributed by atoms with E-state index in [4.69, 9.17) is 15.3 Å². The summed E-state index contributed by atoms with van der Waals surface area (Å²) in [5.41, 5.74) is 0. The van der Waals surface area contributed by atoms with E-state index >= 15 is 0 Å². The molecule has 0 amide bonds. The van der Waals surface area contributed by atoms with E-state index in [0.717, 1.165) is 0 Å². The van der Waals surface area contributed by atoms with Crippen LogP contribution in [0.2, 0.25) is 0 Å². The van der Waals surface area contributed by atoms with Crippen molar-refractivity contribution in [2.24, 2.45) is 0 Å². The minimum Gasteiger partial charge on any atom is -0.481 e. The zero-order chi connectivity index (χ0) is 23.4. The lowest BCUT2D eigenvalue weighted by Crippen LogP contribution is -2.38. The van der Waals surface area contributed by atoms with Gasteiger partial charge in [-0.25, -0.2) is 14.4 Å². The fraction of sp³-hybridized carbons (Fsp3) is 0.600. The third kappa shape index (κ3) is 11.5. The molecule has 30 heavy (non-hydrogen) atoms. The summed E-state index contributed by atoms with van der Waals surface area (Å²) < 4.78 is 13.7. The van der Waals surface area contributed by atoms with Crippen molar-refractivity contribution in [1.82, 2.24) is 0 Å². The molecule has 0 fully saturated rings. The van der Waals surface area contributed by atoms with Crippen molar-refractivity contribution in [2.75, 3.05) is 13.2 Å². The smallest absolute Gasteiger partial charge is 0.336 e. The molecule has 3 atom stereocenters. The van der Waals surface area contributed by atoms with Gasteiger partial charge in [-0.15, -0.1) is 0 Å². The van der Waals surface area contributed by atoms with Crippen LogP contribution in [0.3, 0.4) is 0 Å². The number of rotatable bonds is 14. The van der Waals surface area contributed by atoms with Crippen LogP contribution >= 0.6 is 0 Å². The number of carbonyl (C=O) groups excluding carboxylic acids is 3. The number of esters is 3. The first-order valence-corrected chi connectivity index (χ1v) is 8.06. The van der Waals surface area contributed by atoms with Crippen LogP contribution in [-0.4, -0.2) is 104 Å². The van der Waals surface area contributed by atoms with E-state index in [1.165, 1.54) is 0 Å². The molecule has 0 aliphatic rings. The number of hydrogen-bond acceptors (Lipinski definition) is 12. The maximum absolute atomic E-state index is 11.7. The van der Waals surface area contributed by atoms with Crippen molar-refractivity contribution in [3.05, 3.63) is 0 Å². The fourth-order valence-electron chi connectivity index (χ4n) is 1.65. The zero-order valence-corrected chi connectivity index (χ0v) is 15.2. The van der Waals surface area contributed by atoms with Gasteiger partial charge in [0.1, 0.15) is 13.2 Å². The molecule has 3 unspecified atom stereocenters. The van der Waals surface area contributed by atoms with Gasteiger partial charge in [0, 0.05) is 0 Å². The Balaban J connectivity index is 4.98. The molecule has 0 aromatic carbocycles. The number of aliphatic carboxylic acids is 3.